The molecule has 0 aromatic heterocycles. The van der Waals surface area contributed by atoms with Crippen LogP contribution < -0.4 is 0 Å². The van der Waals surface area contributed by atoms with Crippen molar-refractivity contribution < 1.29 is 5.11 Å². The zero-order chi connectivity index (χ0) is 11.2. The fourth-order valence-electron chi connectivity index (χ4n) is 2.48. The lowest BCUT2D eigenvalue weighted by atomic mass is 10.0. The van der Waals surface area contributed by atoms with E-state index in [0.29, 0.717) is 6.04 Å². The molecular weight excluding hydrogens is 198 g/mol. The molecule has 1 aliphatic heterocycles. The van der Waals surface area contributed by atoms with Crippen LogP contribution in [0, 0.1) is 0 Å². The number of hydrogen-bond donors (Lipinski definition) is 1. The normalized spacial score (nSPS) is 19.6. The van der Waals surface area contributed by atoms with Gasteiger partial charge in [0.25, 0.3) is 0 Å². The topological polar surface area (TPSA) is 23.5 Å². The van der Waals surface area contributed by atoms with E-state index in [4.69, 9.17) is 0 Å². The van der Waals surface area contributed by atoms with Crippen LogP contribution in [0.1, 0.15) is 24.8 Å². The lowest BCUT2D eigenvalue weighted by Crippen LogP contribution is -2.42. The van der Waals surface area contributed by atoms with Gasteiger partial charge in [-0.2, -0.15) is 0 Å². The maximum absolute atomic E-state index is 9.50. The number of benzene rings is 1. The highest BCUT2D eigenvalue weighted by atomic mass is 16.3. The number of aliphatic hydroxyl groups excluding tert-OH is 1. The molecule has 0 aliphatic carbocycles. The summed E-state index contributed by atoms with van der Waals surface area (Å²) in [6, 6.07) is 10.8. The van der Waals surface area contributed by atoms with Crippen LogP contribution in [0.25, 0.3) is 0 Å². The highest BCUT2D eigenvalue weighted by Crippen LogP contribution is 2.15. The lowest BCUT2D eigenvalue weighted by molar-refractivity contribution is 0.104. The van der Waals surface area contributed by atoms with Crippen molar-refractivity contribution in [2.45, 2.75) is 31.7 Å². The molecule has 2 heteroatoms. The van der Waals surface area contributed by atoms with Crippen molar-refractivity contribution in [3.63, 3.8) is 0 Å². The average Bonchev–Trinajstić information content (AvgIpc) is 2.38. The first-order valence-corrected chi connectivity index (χ1v) is 6.29. The first kappa shape index (κ1) is 11.6. The summed E-state index contributed by atoms with van der Waals surface area (Å²) in [4.78, 5) is 2.44. The summed E-state index contributed by atoms with van der Waals surface area (Å²) in [5.41, 5.74) is 1.33. The summed E-state index contributed by atoms with van der Waals surface area (Å²) >= 11 is 0. The van der Waals surface area contributed by atoms with Crippen molar-refractivity contribution in [2.75, 3.05) is 19.7 Å². The van der Waals surface area contributed by atoms with Crippen molar-refractivity contribution in [3.05, 3.63) is 35.9 Å². The molecule has 0 bridgehead atoms. The summed E-state index contributed by atoms with van der Waals surface area (Å²) in [6.07, 6.45) is 4.88. The van der Waals surface area contributed by atoms with Gasteiger partial charge in [-0.15, -0.1) is 0 Å². The highest BCUT2D eigenvalue weighted by Gasteiger charge is 2.19. The lowest BCUT2D eigenvalue weighted by Gasteiger charge is -2.33. The molecule has 1 aromatic carbocycles. The molecular formula is C14H21NO. The average molecular weight is 219 g/mol. The van der Waals surface area contributed by atoms with Crippen LogP contribution in [0.5, 0.6) is 0 Å². The second-order valence-electron chi connectivity index (χ2n) is 4.62. The Kier molecular flexibility index (Phi) is 4.37. The third-order valence-electron chi connectivity index (χ3n) is 3.43. The quantitative estimate of drug-likeness (QED) is 0.838. The van der Waals surface area contributed by atoms with Crippen LogP contribution in [-0.2, 0) is 6.42 Å². The van der Waals surface area contributed by atoms with Crippen molar-refractivity contribution >= 4 is 0 Å². The van der Waals surface area contributed by atoms with Gasteiger partial charge in [0, 0.05) is 6.04 Å². The standard InChI is InChI=1S/C14H21NO/c16-12-14(15-9-5-2-6-10-15)11-13-7-3-1-4-8-13/h1,3-4,7-8,14,16H,2,5-6,9-12H2/t14-/m0/s1. The van der Waals surface area contributed by atoms with E-state index in [0.717, 1.165) is 19.5 Å². The van der Waals surface area contributed by atoms with Crippen molar-refractivity contribution in [3.8, 4) is 0 Å². The molecule has 0 unspecified atom stereocenters. The SMILES string of the molecule is OC[C@H](Cc1ccccc1)N1CCCCC1. The summed E-state index contributed by atoms with van der Waals surface area (Å²) in [5.74, 6) is 0. The predicted octanol–water partition coefficient (Wildman–Crippen LogP) is 2.08. The van der Waals surface area contributed by atoms with Gasteiger partial charge in [0.2, 0.25) is 0 Å². The Morgan fingerprint density at radius 3 is 2.38 bits per heavy atom. The van der Waals surface area contributed by atoms with E-state index in [2.05, 4.69) is 29.2 Å². The van der Waals surface area contributed by atoms with E-state index in [1.54, 1.807) is 0 Å². The van der Waals surface area contributed by atoms with Crippen LogP contribution in [-0.4, -0.2) is 35.7 Å². The Labute approximate surface area is 97.9 Å². The fraction of sp³-hybridized carbons (Fsp3) is 0.571. The second kappa shape index (κ2) is 6.02. The monoisotopic (exact) mass is 219 g/mol. The molecule has 1 atom stereocenters. The molecule has 1 heterocycles. The first-order chi connectivity index (χ1) is 7.90. The largest absolute Gasteiger partial charge is 0.395 e. The zero-order valence-electron chi connectivity index (χ0n) is 9.81. The number of piperidine rings is 1. The molecule has 0 spiro atoms. The highest BCUT2D eigenvalue weighted by molar-refractivity contribution is 5.16. The molecule has 16 heavy (non-hydrogen) atoms. The Hall–Kier alpha value is -0.860. The second-order valence-corrected chi connectivity index (χ2v) is 4.62. The van der Waals surface area contributed by atoms with E-state index < -0.39 is 0 Å². The van der Waals surface area contributed by atoms with E-state index in [9.17, 15) is 5.11 Å². The molecule has 0 amide bonds. The number of nitrogens with zero attached hydrogens (tertiary/aromatic N) is 1. The Bertz CT molecular complexity index is 293. The molecule has 0 saturated carbocycles. The first-order valence-electron chi connectivity index (χ1n) is 6.29. The van der Waals surface area contributed by atoms with Crippen LogP contribution in [0.15, 0.2) is 30.3 Å². The minimum Gasteiger partial charge on any atom is -0.395 e. The van der Waals surface area contributed by atoms with Crippen molar-refractivity contribution in [1.82, 2.24) is 4.90 Å². The third-order valence-corrected chi connectivity index (χ3v) is 3.43. The summed E-state index contributed by atoms with van der Waals surface area (Å²) in [6.45, 7) is 2.57. The minimum absolute atomic E-state index is 0.273. The van der Waals surface area contributed by atoms with Crippen LogP contribution in [0.2, 0.25) is 0 Å². The van der Waals surface area contributed by atoms with Gasteiger partial charge in [0.1, 0.15) is 0 Å². The molecule has 1 saturated heterocycles. The predicted molar refractivity (Wildman–Crippen MR) is 66.4 cm³/mol. The maximum Gasteiger partial charge on any atom is 0.0590 e. The Balaban J connectivity index is 1.94. The van der Waals surface area contributed by atoms with Gasteiger partial charge in [-0.25, -0.2) is 0 Å². The van der Waals surface area contributed by atoms with Gasteiger partial charge in [0.15, 0.2) is 0 Å². The molecule has 1 N–H and O–H groups in total. The van der Waals surface area contributed by atoms with E-state index >= 15 is 0 Å². The van der Waals surface area contributed by atoms with E-state index in [1.165, 1.54) is 24.8 Å². The number of rotatable bonds is 4. The van der Waals surface area contributed by atoms with Crippen LogP contribution in [0.4, 0.5) is 0 Å². The molecule has 2 rings (SSSR count). The molecule has 1 aliphatic rings. The number of hydrogen-bond acceptors (Lipinski definition) is 2. The zero-order valence-corrected chi connectivity index (χ0v) is 9.81. The van der Waals surface area contributed by atoms with Gasteiger partial charge in [-0.3, -0.25) is 4.90 Å². The summed E-state index contributed by atoms with van der Waals surface area (Å²) in [5, 5.41) is 9.50. The van der Waals surface area contributed by atoms with Crippen molar-refractivity contribution in [2.24, 2.45) is 0 Å². The number of aliphatic hydroxyl groups is 1. The van der Waals surface area contributed by atoms with Gasteiger partial charge < -0.3 is 5.11 Å². The Morgan fingerprint density at radius 1 is 1.06 bits per heavy atom. The maximum atomic E-state index is 9.50. The number of likely N-dealkylation sites (tertiary alicyclic amines) is 1. The van der Waals surface area contributed by atoms with Crippen molar-refractivity contribution in [1.29, 1.82) is 0 Å². The van der Waals surface area contributed by atoms with Gasteiger partial charge in [-0.1, -0.05) is 36.8 Å². The third kappa shape index (κ3) is 3.06. The summed E-state index contributed by atoms with van der Waals surface area (Å²) in [7, 11) is 0. The van der Waals surface area contributed by atoms with E-state index in [1.807, 2.05) is 6.07 Å². The van der Waals surface area contributed by atoms with Gasteiger partial charge >= 0.3 is 0 Å². The fourth-order valence-corrected chi connectivity index (χ4v) is 2.48. The summed E-state index contributed by atoms with van der Waals surface area (Å²) < 4.78 is 0. The van der Waals surface area contributed by atoms with Crippen LogP contribution in [0.3, 0.4) is 0 Å². The van der Waals surface area contributed by atoms with E-state index in [-0.39, 0.29) is 6.61 Å². The molecule has 0 radical (unpaired) electrons. The molecule has 2 nitrogen and oxygen atoms in total. The van der Waals surface area contributed by atoms with Crippen LogP contribution >= 0.6 is 0 Å². The van der Waals surface area contributed by atoms with Gasteiger partial charge in [-0.05, 0) is 37.9 Å². The smallest absolute Gasteiger partial charge is 0.0590 e. The minimum atomic E-state index is 0.273. The molecule has 88 valence electrons. The Morgan fingerprint density at radius 2 is 1.75 bits per heavy atom. The van der Waals surface area contributed by atoms with Gasteiger partial charge in [0.05, 0.1) is 6.61 Å². The molecule has 1 aromatic rings. The molecule has 1 fully saturated rings.